The van der Waals surface area contributed by atoms with Gasteiger partial charge >= 0.3 is 5.97 Å². The molecule has 0 aliphatic carbocycles. The van der Waals surface area contributed by atoms with Crippen LogP contribution in [0.3, 0.4) is 0 Å². The highest BCUT2D eigenvalue weighted by molar-refractivity contribution is 7.90. The Bertz CT molecular complexity index is 2910. The van der Waals surface area contributed by atoms with Crippen LogP contribution >= 0.6 is 23.2 Å². The zero-order chi connectivity index (χ0) is 50.1. The Hall–Kier alpha value is -5.45. The normalized spacial score (nSPS) is 11.8. The van der Waals surface area contributed by atoms with Crippen molar-refractivity contribution < 1.29 is 41.0 Å². The van der Waals surface area contributed by atoms with Crippen LogP contribution in [0.15, 0.2) is 71.0 Å². The molecule has 67 heavy (non-hydrogen) atoms. The number of sulfonamides is 2. The number of nitrogens with one attached hydrogen (secondary N) is 1. The molecule has 364 valence electrons. The van der Waals surface area contributed by atoms with Crippen molar-refractivity contribution in [3.8, 4) is 23.4 Å². The van der Waals surface area contributed by atoms with Gasteiger partial charge in [0, 0.05) is 67.2 Å². The number of nitrogens with zero attached hydrogens (tertiary/aromatic N) is 10. The highest BCUT2D eigenvalue weighted by atomic mass is 35.5. The van der Waals surface area contributed by atoms with E-state index in [-0.39, 0.29) is 36.9 Å². The number of carbonyl (C=O) groups excluding carboxylic acids is 1. The maximum Gasteiger partial charge on any atom is 0.338 e. The van der Waals surface area contributed by atoms with Gasteiger partial charge in [-0.2, -0.15) is 10.2 Å². The quantitative estimate of drug-likeness (QED) is 0.0514. The van der Waals surface area contributed by atoms with Gasteiger partial charge in [-0.05, 0) is 51.0 Å². The number of aryl methyl sites for hydroxylation is 4. The van der Waals surface area contributed by atoms with Gasteiger partial charge in [0.25, 0.3) is 15.9 Å². The molecular weight excluding hydrogens is 984 g/mol. The lowest BCUT2D eigenvalue weighted by atomic mass is 10.3. The van der Waals surface area contributed by atoms with E-state index in [9.17, 15) is 26.4 Å². The minimum absolute atomic E-state index is 0.0367. The Kier molecular flexibility index (Phi) is 18.2. The van der Waals surface area contributed by atoms with Crippen LogP contribution in [-0.4, -0.2) is 112 Å². The first-order chi connectivity index (χ1) is 31.0. The van der Waals surface area contributed by atoms with Crippen molar-refractivity contribution in [2.75, 3.05) is 13.2 Å². The lowest BCUT2D eigenvalue weighted by molar-refractivity contribution is 0.0696. The molecule has 0 saturated carbocycles. The fourth-order valence-corrected chi connectivity index (χ4v) is 10.8. The number of nitrogens with two attached hydrogens (primary N) is 1. The molecule has 0 fully saturated rings. The largest absolute Gasteiger partial charge is 0.478 e. The standard InChI is InChI=1S/C20H27ClN6O4SSi.C15H20ClN3O3Si.C5H9N3O2S/c1-14-16(13-26(2)23-14)32(29,30)25-20(28)15-7-8-17(22-19(15)21)27-10-9-18(24-27)31-11-6-12-33(3,4)5;1-23(2,3)10-4-9-22-13-7-8-19(18-13)12-6-5-11(15(20)21)14(16)17-12;1-4-5(11(6,9)10)3-8(2)7-4/h7-10,13H,6,11-12H2,1-5H3,(H,25,28);5-8H,4,9-10H2,1-3H3,(H,20,21);3H,1-2H3,(H2,6,9,10). The van der Waals surface area contributed by atoms with Crippen LogP contribution in [-0.2, 0) is 34.1 Å². The van der Waals surface area contributed by atoms with Crippen LogP contribution in [0.5, 0.6) is 11.8 Å². The number of carboxylic acids is 1. The van der Waals surface area contributed by atoms with Crippen LogP contribution in [0.1, 0.15) is 44.9 Å². The molecule has 0 unspecified atom stereocenters. The lowest BCUT2D eigenvalue weighted by Gasteiger charge is -2.14. The van der Waals surface area contributed by atoms with Crippen molar-refractivity contribution in [2.24, 2.45) is 19.2 Å². The van der Waals surface area contributed by atoms with E-state index >= 15 is 0 Å². The summed E-state index contributed by atoms with van der Waals surface area (Å²) in [5.74, 6) is -0.226. The van der Waals surface area contributed by atoms with Gasteiger partial charge in [0.2, 0.25) is 21.8 Å². The van der Waals surface area contributed by atoms with Gasteiger partial charge < -0.3 is 14.6 Å². The number of aromatic nitrogens is 10. The second kappa shape index (κ2) is 22.6. The Morgan fingerprint density at radius 2 is 1.10 bits per heavy atom. The van der Waals surface area contributed by atoms with Gasteiger partial charge in [-0.3, -0.25) is 14.2 Å². The van der Waals surface area contributed by atoms with Crippen molar-refractivity contribution in [2.45, 2.75) is 87.9 Å². The maximum atomic E-state index is 12.6. The summed E-state index contributed by atoms with van der Waals surface area (Å²) in [6.45, 7) is 18.3. The second-order valence-corrected chi connectivity index (χ2v) is 32.7. The van der Waals surface area contributed by atoms with E-state index in [1.54, 1.807) is 51.6 Å². The molecule has 0 saturated heterocycles. The summed E-state index contributed by atoms with van der Waals surface area (Å²) in [7, 11) is -6.63. The minimum atomic E-state index is -4.11. The molecule has 6 rings (SSSR count). The third kappa shape index (κ3) is 16.7. The van der Waals surface area contributed by atoms with E-state index in [4.69, 9.17) is 42.9 Å². The molecule has 0 aliphatic rings. The summed E-state index contributed by atoms with van der Waals surface area (Å²) in [6, 6.07) is 11.7. The molecule has 27 heteroatoms. The molecular formula is C40H56Cl2N12O9S2Si2. The minimum Gasteiger partial charge on any atom is -0.478 e. The Balaban J connectivity index is 0.000000248. The summed E-state index contributed by atoms with van der Waals surface area (Å²) in [5.41, 5.74) is 0.579. The molecule has 0 spiro atoms. The highest BCUT2D eigenvalue weighted by Gasteiger charge is 2.25. The number of amides is 1. The van der Waals surface area contributed by atoms with Crippen molar-refractivity contribution >= 4 is 71.3 Å². The summed E-state index contributed by atoms with van der Waals surface area (Å²) in [5, 5.41) is 30.0. The topological polar surface area (TPSA) is 276 Å². The number of halogens is 2. The number of ether oxygens (including phenoxy) is 2. The van der Waals surface area contributed by atoms with Crippen LogP contribution in [0, 0.1) is 13.8 Å². The molecule has 0 radical (unpaired) electrons. The number of rotatable bonds is 17. The average molecular weight is 1040 g/mol. The smallest absolute Gasteiger partial charge is 0.338 e. The molecule has 6 heterocycles. The summed E-state index contributed by atoms with van der Waals surface area (Å²) < 4.78 is 65.7. The predicted octanol–water partition coefficient (Wildman–Crippen LogP) is 6.29. The maximum absolute atomic E-state index is 12.6. The Morgan fingerprint density at radius 1 is 0.687 bits per heavy atom. The second-order valence-electron chi connectivity index (χ2n) is 17.5. The van der Waals surface area contributed by atoms with Crippen LogP contribution in [0.2, 0.25) is 61.7 Å². The SMILES string of the molecule is C[Si](C)(C)CCCOc1ccn(-c2ccc(C(=O)O)c(Cl)n2)n1.Cc1nn(C)cc1S(=O)(=O)NC(=O)c1ccc(-n2ccc(OCCC[Si](C)(C)C)n2)nc1Cl.Cc1nn(C)cc1S(N)(=O)=O. The first-order valence-corrected chi connectivity index (χ1v) is 31.8. The zero-order valence-corrected chi connectivity index (χ0v) is 44.0. The van der Waals surface area contributed by atoms with E-state index in [0.29, 0.717) is 42.3 Å². The van der Waals surface area contributed by atoms with Crippen LogP contribution in [0.25, 0.3) is 11.6 Å². The summed E-state index contributed by atoms with van der Waals surface area (Å²) in [4.78, 5) is 31.7. The fraction of sp³-hybridized carbons (Fsp3) is 0.400. The van der Waals surface area contributed by atoms with Gasteiger partial charge in [0.15, 0.2) is 11.6 Å². The van der Waals surface area contributed by atoms with Gasteiger partial charge in [-0.1, -0.05) is 74.6 Å². The first-order valence-electron chi connectivity index (χ1n) is 20.6. The van der Waals surface area contributed by atoms with Crippen LogP contribution in [0.4, 0.5) is 0 Å². The fourth-order valence-electron chi connectivity index (χ4n) is 5.95. The van der Waals surface area contributed by atoms with E-state index < -0.39 is 48.1 Å². The molecule has 0 aliphatic heterocycles. The van der Waals surface area contributed by atoms with Crippen molar-refractivity contribution in [1.82, 2.24) is 53.8 Å². The van der Waals surface area contributed by atoms with Crippen molar-refractivity contribution in [1.29, 1.82) is 0 Å². The predicted molar refractivity (Wildman–Crippen MR) is 258 cm³/mol. The zero-order valence-electron chi connectivity index (χ0n) is 38.9. The molecule has 0 atom stereocenters. The van der Waals surface area contributed by atoms with Crippen molar-refractivity contribution in [3.63, 3.8) is 0 Å². The number of aromatic carboxylic acids is 1. The summed E-state index contributed by atoms with van der Waals surface area (Å²) in [6.07, 6.45) is 8.05. The molecule has 0 bridgehead atoms. The number of hydrogen-bond acceptors (Lipinski definition) is 14. The van der Waals surface area contributed by atoms with E-state index in [1.807, 2.05) is 4.72 Å². The number of hydrogen-bond donors (Lipinski definition) is 3. The molecule has 21 nitrogen and oxygen atoms in total. The third-order valence-electron chi connectivity index (χ3n) is 9.14. The lowest BCUT2D eigenvalue weighted by Crippen LogP contribution is -2.31. The number of carbonyl (C=O) groups is 2. The number of carboxylic acid groups (broad SMARTS) is 1. The number of primary sulfonamides is 1. The molecule has 4 N–H and O–H groups in total. The Morgan fingerprint density at radius 3 is 1.45 bits per heavy atom. The van der Waals surface area contributed by atoms with Crippen LogP contribution < -0.4 is 19.3 Å². The Labute approximate surface area is 401 Å². The average Bonchev–Trinajstić information content (AvgIpc) is 4.02. The van der Waals surface area contributed by atoms with Gasteiger partial charge in [0.1, 0.15) is 20.1 Å². The molecule has 0 aromatic carbocycles. The van der Waals surface area contributed by atoms with E-state index in [0.717, 1.165) is 12.8 Å². The highest BCUT2D eigenvalue weighted by Crippen LogP contribution is 2.21. The third-order valence-corrected chi connectivity index (χ3v) is 15.9. The van der Waals surface area contributed by atoms with Crippen molar-refractivity contribution in [3.05, 3.63) is 94.0 Å². The first kappa shape index (κ1) is 54.2. The van der Waals surface area contributed by atoms with E-state index in [2.05, 4.69) is 69.6 Å². The number of pyridine rings is 2. The van der Waals surface area contributed by atoms with Gasteiger partial charge in [-0.25, -0.2) is 50.8 Å². The summed E-state index contributed by atoms with van der Waals surface area (Å²) >= 11 is 12.1. The molecule has 6 aromatic rings. The van der Waals surface area contributed by atoms with E-state index in [1.165, 1.54) is 68.3 Å². The molecule has 1 amide bonds. The van der Waals surface area contributed by atoms with Gasteiger partial charge in [0.05, 0.1) is 35.7 Å². The van der Waals surface area contributed by atoms with Gasteiger partial charge in [-0.15, -0.1) is 10.2 Å². The molecule has 6 aromatic heterocycles. The monoisotopic (exact) mass is 1040 g/mol.